The van der Waals surface area contributed by atoms with Gasteiger partial charge in [0.05, 0.1) is 0 Å². The van der Waals surface area contributed by atoms with Gasteiger partial charge in [0.2, 0.25) is 0 Å². The van der Waals surface area contributed by atoms with E-state index >= 15 is 0 Å². The molecule has 2 nitrogen and oxygen atoms in total. The maximum absolute atomic E-state index is 13.6. The number of H-pyrrole nitrogens is 1. The summed E-state index contributed by atoms with van der Waals surface area (Å²) in [6.07, 6.45) is 0. The van der Waals surface area contributed by atoms with Crippen LogP contribution in [0.5, 0.6) is 0 Å². The Bertz CT molecular complexity index is 643. The molecule has 0 fully saturated rings. The quantitative estimate of drug-likeness (QED) is 0.645. The minimum absolute atomic E-state index is 0.134. The largest absolute Gasteiger partial charge is 0.297 e. The first-order chi connectivity index (χ1) is 8.40. The lowest BCUT2D eigenvalue weighted by atomic mass is 10.1. The van der Waals surface area contributed by atoms with Gasteiger partial charge in [-0.25, -0.2) is 17.9 Å². The molecule has 0 saturated heterocycles. The molecule has 1 aromatic carbocycles. The molecule has 0 unspecified atom stereocenters. The monoisotopic (exact) mass is 272 g/mol. The molecular formula is C12H11F3N2S. The van der Waals surface area contributed by atoms with E-state index in [1.807, 2.05) is 13.8 Å². The van der Waals surface area contributed by atoms with E-state index in [4.69, 9.17) is 12.2 Å². The van der Waals surface area contributed by atoms with Crippen molar-refractivity contribution in [1.29, 1.82) is 0 Å². The minimum Gasteiger partial charge on any atom is -0.297 e. The van der Waals surface area contributed by atoms with E-state index in [1.54, 1.807) is 6.07 Å². The van der Waals surface area contributed by atoms with Crippen LogP contribution in [0.2, 0.25) is 0 Å². The van der Waals surface area contributed by atoms with Crippen molar-refractivity contribution in [3.05, 3.63) is 46.0 Å². The van der Waals surface area contributed by atoms with Gasteiger partial charge in [0.25, 0.3) is 0 Å². The SMILES string of the molecule is CC(C)c1cc(=S)n(-c2cc(F)c(F)cc2F)[nH]1. The highest BCUT2D eigenvalue weighted by molar-refractivity contribution is 7.71. The van der Waals surface area contributed by atoms with Crippen LogP contribution in [0, 0.1) is 22.1 Å². The number of rotatable bonds is 2. The first-order valence-corrected chi connectivity index (χ1v) is 5.78. The topological polar surface area (TPSA) is 20.7 Å². The highest BCUT2D eigenvalue weighted by Crippen LogP contribution is 2.20. The zero-order valence-corrected chi connectivity index (χ0v) is 10.6. The average molecular weight is 272 g/mol. The summed E-state index contributed by atoms with van der Waals surface area (Å²) in [5.41, 5.74) is 0.662. The predicted molar refractivity (Wildman–Crippen MR) is 64.9 cm³/mol. The molecular weight excluding hydrogens is 261 g/mol. The Morgan fingerprint density at radius 2 is 1.67 bits per heavy atom. The standard InChI is InChI=1S/C12H11F3N2S/c1-6(2)10-5-12(18)17(16-10)11-4-8(14)7(13)3-9(11)15/h3-6,16H,1-2H3. The average Bonchev–Trinajstić information content (AvgIpc) is 2.66. The lowest BCUT2D eigenvalue weighted by Crippen LogP contribution is -2.03. The third kappa shape index (κ3) is 2.20. The van der Waals surface area contributed by atoms with E-state index in [-0.39, 0.29) is 11.6 Å². The van der Waals surface area contributed by atoms with Crippen molar-refractivity contribution >= 4 is 12.2 Å². The molecule has 0 spiro atoms. The number of hydrogen-bond donors (Lipinski definition) is 1. The molecule has 18 heavy (non-hydrogen) atoms. The van der Waals surface area contributed by atoms with Crippen LogP contribution in [0.4, 0.5) is 13.2 Å². The number of nitrogens with one attached hydrogen (secondary N) is 1. The fourth-order valence-corrected chi connectivity index (χ4v) is 1.84. The van der Waals surface area contributed by atoms with Gasteiger partial charge in [0.15, 0.2) is 17.5 Å². The van der Waals surface area contributed by atoms with Crippen molar-refractivity contribution in [2.45, 2.75) is 19.8 Å². The fourth-order valence-electron chi connectivity index (χ4n) is 1.57. The summed E-state index contributed by atoms with van der Waals surface area (Å²) < 4.78 is 41.1. The molecule has 0 saturated carbocycles. The maximum atomic E-state index is 13.6. The maximum Gasteiger partial charge on any atom is 0.161 e. The Balaban J connectivity index is 2.62. The summed E-state index contributed by atoms with van der Waals surface area (Å²) >= 11 is 5.06. The van der Waals surface area contributed by atoms with E-state index in [0.29, 0.717) is 10.7 Å². The second-order valence-electron chi connectivity index (χ2n) is 4.26. The third-order valence-corrected chi connectivity index (χ3v) is 2.89. The highest BCUT2D eigenvalue weighted by atomic mass is 32.1. The van der Waals surface area contributed by atoms with Gasteiger partial charge < -0.3 is 0 Å². The smallest absolute Gasteiger partial charge is 0.161 e. The highest BCUT2D eigenvalue weighted by Gasteiger charge is 2.13. The van der Waals surface area contributed by atoms with Crippen LogP contribution in [-0.2, 0) is 0 Å². The molecule has 1 aromatic heterocycles. The summed E-state index contributed by atoms with van der Waals surface area (Å²) in [6.45, 7) is 3.87. The molecule has 0 atom stereocenters. The molecule has 1 heterocycles. The van der Waals surface area contributed by atoms with Gasteiger partial charge in [-0.1, -0.05) is 26.1 Å². The number of aromatic amines is 1. The molecule has 0 aliphatic rings. The predicted octanol–water partition coefficient (Wildman–Crippen LogP) is 4.08. The second-order valence-corrected chi connectivity index (χ2v) is 4.68. The van der Waals surface area contributed by atoms with Crippen LogP contribution in [0.15, 0.2) is 18.2 Å². The minimum atomic E-state index is -1.22. The zero-order chi connectivity index (χ0) is 13.4. The van der Waals surface area contributed by atoms with Crippen molar-refractivity contribution in [2.24, 2.45) is 0 Å². The first kappa shape index (κ1) is 12.9. The Kier molecular flexibility index (Phi) is 3.30. The van der Waals surface area contributed by atoms with Crippen LogP contribution in [0.3, 0.4) is 0 Å². The first-order valence-electron chi connectivity index (χ1n) is 5.37. The molecule has 0 amide bonds. The van der Waals surface area contributed by atoms with E-state index in [9.17, 15) is 13.2 Å². The molecule has 0 bridgehead atoms. The van der Waals surface area contributed by atoms with Gasteiger partial charge >= 0.3 is 0 Å². The van der Waals surface area contributed by atoms with Crippen molar-refractivity contribution < 1.29 is 13.2 Å². The molecule has 0 aliphatic heterocycles. The van der Waals surface area contributed by atoms with E-state index < -0.39 is 17.5 Å². The van der Waals surface area contributed by atoms with Gasteiger partial charge in [-0.3, -0.25) is 5.10 Å². The molecule has 1 N–H and O–H groups in total. The number of aromatic nitrogens is 2. The van der Waals surface area contributed by atoms with Crippen molar-refractivity contribution in [2.75, 3.05) is 0 Å². The van der Waals surface area contributed by atoms with Crippen molar-refractivity contribution in [1.82, 2.24) is 9.78 Å². The molecule has 2 aromatic rings. The van der Waals surface area contributed by atoms with Gasteiger partial charge in [0.1, 0.15) is 10.3 Å². The molecule has 6 heteroatoms. The van der Waals surface area contributed by atoms with Gasteiger partial charge in [-0.05, 0) is 12.0 Å². The molecule has 0 radical (unpaired) electrons. The summed E-state index contributed by atoms with van der Waals surface area (Å²) in [5, 5.41) is 2.87. The lowest BCUT2D eigenvalue weighted by Gasteiger charge is -2.06. The third-order valence-electron chi connectivity index (χ3n) is 2.59. The van der Waals surface area contributed by atoms with Gasteiger partial charge in [0, 0.05) is 17.8 Å². The summed E-state index contributed by atoms with van der Waals surface area (Å²) in [4.78, 5) is 0. The fraction of sp³-hybridized carbons (Fsp3) is 0.250. The van der Waals surface area contributed by atoms with Crippen LogP contribution in [0.25, 0.3) is 5.69 Å². The Morgan fingerprint density at radius 3 is 2.22 bits per heavy atom. The van der Waals surface area contributed by atoms with E-state index in [0.717, 1.165) is 11.8 Å². The number of halogens is 3. The number of benzene rings is 1. The van der Waals surface area contributed by atoms with E-state index in [1.165, 1.54) is 4.68 Å². The Hall–Kier alpha value is -1.56. The Labute approximate surface area is 107 Å². The van der Waals surface area contributed by atoms with Gasteiger partial charge in [-0.15, -0.1) is 0 Å². The molecule has 96 valence electrons. The summed E-state index contributed by atoms with van der Waals surface area (Å²) in [5.74, 6) is -3.05. The van der Waals surface area contributed by atoms with Crippen molar-refractivity contribution in [3.8, 4) is 5.69 Å². The summed E-state index contributed by atoms with van der Waals surface area (Å²) in [6, 6.07) is 2.95. The van der Waals surface area contributed by atoms with Crippen LogP contribution >= 0.6 is 12.2 Å². The number of nitrogens with zero attached hydrogens (tertiary/aromatic N) is 1. The van der Waals surface area contributed by atoms with Crippen LogP contribution in [0.1, 0.15) is 25.5 Å². The van der Waals surface area contributed by atoms with Gasteiger partial charge in [-0.2, -0.15) is 0 Å². The van der Waals surface area contributed by atoms with Crippen molar-refractivity contribution in [3.63, 3.8) is 0 Å². The molecule has 0 aliphatic carbocycles. The van der Waals surface area contributed by atoms with Crippen LogP contribution < -0.4 is 0 Å². The summed E-state index contributed by atoms with van der Waals surface area (Å²) in [7, 11) is 0. The zero-order valence-electron chi connectivity index (χ0n) is 9.80. The normalized spacial score (nSPS) is 11.2. The second kappa shape index (κ2) is 4.61. The lowest BCUT2D eigenvalue weighted by molar-refractivity contribution is 0.491. The Morgan fingerprint density at radius 1 is 1.06 bits per heavy atom. The number of hydrogen-bond acceptors (Lipinski definition) is 1. The van der Waals surface area contributed by atoms with E-state index in [2.05, 4.69) is 5.10 Å². The molecule has 2 rings (SSSR count). The van der Waals surface area contributed by atoms with Crippen LogP contribution in [-0.4, -0.2) is 9.78 Å².